The molecule has 1 aliphatic carbocycles. The molecule has 224 valence electrons. The minimum absolute atomic E-state index is 0.0169. The zero-order chi connectivity index (χ0) is 29.4. The van der Waals surface area contributed by atoms with Crippen molar-refractivity contribution in [2.45, 2.75) is 55.9 Å². The minimum atomic E-state index is -4.21. The van der Waals surface area contributed by atoms with Crippen LogP contribution in [0.5, 0.6) is 17.2 Å². The van der Waals surface area contributed by atoms with Crippen LogP contribution in [0.2, 0.25) is 0 Å². The van der Waals surface area contributed by atoms with Crippen molar-refractivity contribution < 1.29 is 27.2 Å². The van der Waals surface area contributed by atoms with Gasteiger partial charge in [-0.2, -0.15) is 5.10 Å². The number of anilines is 3. The maximum Gasteiger partial charge on any atom is 0.270 e. The first-order valence-corrected chi connectivity index (χ1v) is 15.7. The molecule has 0 bridgehead atoms. The Bertz CT molecular complexity index is 1670. The van der Waals surface area contributed by atoms with Crippen LogP contribution in [0.25, 0.3) is 11.0 Å². The van der Waals surface area contributed by atoms with Crippen molar-refractivity contribution in [3.8, 4) is 17.2 Å². The molecule has 0 amide bonds. The second kappa shape index (κ2) is 11.4. The van der Waals surface area contributed by atoms with Gasteiger partial charge in [-0.05, 0) is 62.5 Å². The van der Waals surface area contributed by atoms with Crippen LogP contribution in [0.1, 0.15) is 62.2 Å². The highest BCUT2D eigenvalue weighted by molar-refractivity contribution is 7.93. The average molecular weight is 597 g/mol. The van der Waals surface area contributed by atoms with Crippen LogP contribution < -0.4 is 24.2 Å². The molecule has 3 N–H and O–H groups in total. The van der Waals surface area contributed by atoms with E-state index in [1.807, 2.05) is 6.07 Å². The van der Waals surface area contributed by atoms with Gasteiger partial charge in [0.15, 0.2) is 22.1 Å². The molecule has 0 radical (unpaired) electrons. The molecule has 12 nitrogen and oxygen atoms in total. The Balaban J connectivity index is 1.31. The number of methoxy groups -OCH3 is 3. The van der Waals surface area contributed by atoms with E-state index in [9.17, 15) is 8.42 Å². The number of piperidine rings is 1. The summed E-state index contributed by atoms with van der Waals surface area (Å²) >= 11 is 0. The van der Waals surface area contributed by atoms with Gasteiger partial charge in [0.05, 0.1) is 32.4 Å². The first-order chi connectivity index (χ1) is 20.3. The van der Waals surface area contributed by atoms with E-state index in [0.717, 1.165) is 56.5 Å². The number of aromatic nitrogens is 3. The van der Waals surface area contributed by atoms with Gasteiger partial charge in [0.25, 0.3) is 10.0 Å². The van der Waals surface area contributed by atoms with Crippen molar-refractivity contribution in [1.29, 1.82) is 0 Å². The van der Waals surface area contributed by atoms with Crippen molar-refractivity contribution in [1.82, 2.24) is 20.3 Å². The van der Waals surface area contributed by atoms with Gasteiger partial charge in [-0.1, -0.05) is 18.5 Å². The minimum Gasteiger partial charge on any atom is -0.495 e. The van der Waals surface area contributed by atoms with Crippen LogP contribution in [-0.4, -0.2) is 63.1 Å². The lowest BCUT2D eigenvalue weighted by Gasteiger charge is -2.35. The molecule has 2 fully saturated rings. The number of nitrogens with one attached hydrogen (secondary N) is 3. The fourth-order valence-corrected chi connectivity index (χ4v) is 7.05. The Morgan fingerprint density at radius 2 is 1.74 bits per heavy atom. The van der Waals surface area contributed by atoms with Gasteiger partial charge >= 0.3 is 0 Å². The van der Waals surface area contributed by atoms with Gasteiger partial charge in [-0.3, -0.25) is 14.7 Å². The number of sulfonamides is 1. The number of rotatable bonds is 11. The normalized spacial score (nSPS) is 17.8. The molecule has 42 heavy (non-hydrogen) atoms. The Morgan fingerprint density at radius 1 is 1.00 bits per heavy atom. The number of benzene rings is 2. The molecule has 6 rings (SSSR count). The van der Waals surface area contributed by atoms with E-state index < -0.39 is 10.0 Å². The molecular weight excluding hydrogens is 560 g/mol. The summed E-state index contributed by atoms with van der Waals surface area (Å²) < 4.78 is 52.6. The largest absolute Gasteiger partial charge is 0.495 e. The lowest BCUT2D eigenvalue weighted by Crippen LogP contribution is -2.33. The summed E-state index contributed by atoms with van der Waals surface area (Å²) in [6.45, 7) is 4.03. The van der Waals surface area contributed by atoms with Crippen LogP contribution in [0.3, 0.4) is 0 Å². The highest BCUT2D eigenvalue weighted by Crippen LogP contribution is 2.43. The summed E-state index contributed by atoms with van der Waals surface area (Å²) in [6.07, 6.45) is 5.56. The smallest absolute Gasteiger partial charge is 0.270 e. The van der Waals surface area contributed by atoms with Gasteiger partial charge in [0, 0.05) is 29.8 Å². The van der Waals surface area contributed by atoms with Gasteiger partial charge in [-0.15, -0.1) is 0 Å². The lowest BCUT2D eigenvalue weighted by atomic mass is 9.95. The summed E-state index contributed by atoms with van der Waals surface area (Å²) in [5, 5.41) is 15.1. The number of likely N-dealkylation sites (tertiary alicyclic amines) is 1. The van der Waals surface area contributed by atoms with Crippen LogP contribution in [0, 0.1) is 0 Å². The van der Waals surface area contributed by atoms with Crippen LogP contribution in [0.4, 0.5) is 17.3 Å². The maximum atomic E-state index is 13.8. The number of H-pyrrole nitrogens is 1. The molecule has 2 aromatic heterocycles. The fraction of sp³-hybridized carbons (Fsp3) is 0.448. The van der Waals surface area contributed by atoms with E-state index in [2.05, 4.69) is 37.2 Å². The van der Waals surface area contributed by atoms with Gasteiger partial charge in [0.1, 0.15) is 17.2 Å². The van der Waals surface area contributed by atoms with E-state index in [4.69, 9.17) is 18.7 Å². The standard InChI is InChI=1S/C29H36N6O6S/c1-5-35-11-7-6-8-22(35)18-12-25(39-3)28(26(13-18)40-4)42(36,37)34-29-19-14-24(38-2)21(15-23(19)41-33-29)30-27-16-20(31-32-27)17-9-10-17/h12-17,22H,5-11H2,1-4H3,(H,33,34)(H2,30,31,32)/t22-/m1/s1. The monoisotopic (exact) mass is 596 g/mol. The Hall–Kier alpha value is -3.97. The molecule has 3 heterocycles. The first-order valence-electron chi connectivity index (χ1n) is 14.2. The van der Waals surface area contributed by atoms with E-state index in [1.165, 1.54) is 21.3 Å². The summed E-state index contributed by atoms with van der Waals surface area (Å²) in [5.74, 6) is 2.06. The molecule has 0 spiro atoms. The summed E-state index contributed by atoms with van der Waals surface area (Å²) in [5.41, 5.74) is 3.02. The lowest BCUT2D eigenvalue weighted by molar-refractivity contribution is 0.156. The molecule has 4 aromatic rings. The maximum absolute atomic E-state index is 13.8. The summed E-state index contributed by atoms with van der Waals surface area (Å²) in [6, 6.07) is 9.09. The molecular formula is C29H36N6O6S. The number of nitrogens with zero attached hydrogens (tertiary/aromatic N) is 3. The quantitative estimate of drug-likeness (QED) is 0.202. The molecule has 1 aliphatic heterocycles. The molecule has 0 unspecified atom stereocenters. The third kappa shape index (κ3) is 5.34. The Labute approximate surface area is 244 Å². The van der Waals surface area contributed by atoms with Crippen molar-refractivity contribution in [3.63, 3.8) is 0 Å². The number of ether oxygens (including phenoxy) is 3. The highest BCUT2D eigenvalue weighted by atomic mass is 32.2. The van der Waals surface area contributed by atoms with Gasteiger partial charge in [-0.25, -0.2) is 8.42 Å². The zero-order valence-electron chi connectivity index (χ0n) is 24.2. The number of fused-ring (bicyclic) bond motifs is 1. The van der Waals surface area contributed by atoms with Crippen molar-refractivity contribution in [3.05, 3.63) is 41.6 Å². The van der Waals surface area contributed by atoms with Crippen molar-refractivity contribution in [2.75, 3.05) is 44.5 Å². The number of hydrogen-bond acceptors (Lipinski definition) is 10. The van der Waals surface area contributed by atoms with Gasteiger partial charge in [0.2, 0.25) is 0 Å². The Kier molecular flexibility index (Phi) is 7.62. The van der Waals surface area contributed by atoms with E-state index >= 15 is 0 Å². The molecule has 1 saturated heterocycles. The SMILES string of the molecule is CCN1CCCC[C@@H]1c1cc(OC)c(S(=O)(=O)Nc2noc3cc(Nc4cc(C5CC5)[nH]n4)c(OC)cc23)c(OC)c1. The van der Waals surface area contributed by atoms with Crippen LogP contribution in [-0.2, 0) is 10.0 Å². The van der Waals surface area contributed by atoms with Crippen LogP contribution >= 0.6 is 0 Å². The second-order valence-corrected chi connectivity index (χ2v) is 12.3. The van der Waals surface area contributed by atoms with E-state index in [-0.39, 0.29) is 28.3 Å². The number of hydrogen-bond donors (Lipinski definition) is 3. The predicted molar refractivity (Wildman–Crippen MR) is 159 cm³/mol. The molecule has 13 heteroatoms. The molecule has 1 saturated carbocycles. The molecule has 2 aromatic carbocycles. The predicted octanol–water partition coefficient (Wildman–Crippen LogP) is 5.55. The summed E-state index contributed by atoms with van der Waals surface area (Å²) in [4.78, 5) is 2.28. The van der Waals surface area contributed by atoms with Crippen LogP contribution in [0.15, 0.2) is 39.8 Å². The first kappa shape index (κ1) is 28.2. The molecule has 2 aliphatic rings. The Morgan fingerprint density at radius 3 is 2.40 bits per heavy atom. The van der Waals surface area contributed by atoms with E-state index in [0.29, 0.717) is 34.1 Å². The third-order valence-corrected chi connectivity index (χ3v) is 9.46. The third-order valence-electron chi connectivity index (χ3n) is 8.06. The zero-order valence-corrected chi connectivity index (χ0v) is 25.0. The second-order valence-electron chi connectivity index (χ2n) is 10.7. The van der Waals surface area contributed by atoms with Gasteiger partial charge < -0.3 is 24.1 Å². The number of aromatic amines is 1. The van der Waals surface area contributed by atoms with E-state index in [1.54, 1.807) is 24.3 Å². The summed E-state index contributed by atoms with van der Waals surface area (Å²) in [7, 11) is 0.228. The average Bonchev–Trinajstić information content (AvgIpc) is 3.64. The molecule has 1 atom stereocenters. The highest BCUT2D eigenvalue weighted by Gasteiger charge is 2.31. The van der Waals surface area contributed by atoms with Crippen molar-refractivity contribution in [2.24, 2.45) is 0 Å². The fourth-order valence-electron chi connectivity index (χ4n) is 5.73. The van der Waals surface area contributed by atoms with Crippen molar-refractivity contribution >= 4 is 38.3 Å². The topological polar surface area (TPSA) is 144 Å².